The fraction of sp³-hybridized carbons (Fsp3) is 0.725. The Morgan fingerprint density at radius 2 is 1.47 bits per heavy atom. The van der Waals surface area contributed by atoms with E-state index in [1.165, 1.54) is 57.1 Å². The number of carbonyl (C=O) groups is 3. The summed E-state index contributed by atoms with van der Waals surface area (Å²) in [6.45, 7) is 12.0. The molecule has 0 aromatic heterocycles. The molecule has 0 spiro atoms. The van der Waals surface area contributed by atoms with Crippen molar-refractivity contribution in [2.24, 2.45) is 5.92 Å². The maximum atomic E-state index is 14.0. The second kappa shape index (κ2) is 25.4. The molecule has 2 N–H and O–H groups in total. The summed E-state index contributed by atoms with van der Waals surface area (Å²) in [5.74, 6) is -0.226. The Balaban J connectivity index is 2.99. The molecule has 1 aromatic rings. The van der Waals surface area contributed by atoms with Crippen molar-refractivity contribution >= 4 is 29.6 Å². The minimum absolute atomic E-state index is 0.0169. The summed E-state index contributed by atoms with van der Waals surface area (Å²) in [4.78, 5) is 40.3. The van der Waals surface area contributed by atoms with Gasteiger partial charge in [0.2, 0.25) is 5.91 Å². The van der Waals surface area contributed by atoms with Gasteiger partial charge in [0.05, 0.1) is 19.6 Å². The van der Waals surface area contributed by atoms with Crippen LogP contribution in [0.25, 0.3) is 0 Å². The molecule has 0 fully saturated rings. The normalized spacial score (nSPS) is 14.2. The van der Waals surface area contributed by atoms with Gasteiger partial charge in [-0.25, -0.2) is 9.59 Å². The summed E-state index contributed by atoms with van der Waals surface area (Å²) in [5, 5.41) is 14.7. The number of hydrogen-bond acceptors (Lipinski definition) is 8. The van der Waals surface area contributed by atoms with Gasteiger partial charge in [-0.3, -0.25) is 4.79 Å². The van der Waals surface area contributed by atoms with E-state index in [1.807, 2.05) is 49.0 Å². The maximum Gasteiger partial charge on any atom is 0.339 e. The van der Waals surface area contributed by atoms with E-state index in [2.05, 4.69) is 19.2 Å². The van der Waals surface area contributed by atoms with E-state index in [-0.39, 0.29) is 12.8 Å². The highest BCUT2D eigenvalue weighted by Crippen LogP contribution is 2.30. The van der Waals surface area contributed by atoms with Crippen LogP contribution >= 0.6 is 11.8 Å². The van der Waals surface area contributed by atoms with Crippen LogP contribution in [0.15, 0.2) is 36.4 Å². The molecule has 9 heteroatoms. The number of amides is 1. The van der Waals surface area contributed by atoms with Crippen molar-refractivity contribution in [1.29, 1.82) is 0 Å². The summed E-state index contributed by atoms with van der Waals surface area (Å²) < 4.78 is 16.4. The van der Waals surface area contributed by atoms with E-state index in [1.54, 1.807) is 26.8 Å². The SMILES string of the molecule is CCCCCCCSCCCCCC/C=C/[C@H](C(=O)NC(Cc1ccc(OCCCC)cc1)C(=O)OC)[C@@](O)(CCC)C(=O)OC(C)(C)C. The molecule has 0 heterocycles. The number of aliphatic hydroxyl groups is 1. The van der Waals surface area contributed by atoms with Crippen LogP contribution < -0.4 is 10.1 Å². The van der Waals surface area contributed by atoms with Crippen LogP contribution in [-0.4, -0.2) is 65.4 Å². The maximum absolute atomic E-state index is 14.0. The van der Waals surface area contributed by atoms with Crippen LogP contribution in [0.4, 0.5) is 0 Å². The molecule has 0 aliphatic heterocycles. The monoisotopic (exact) mass is 705 g/mol. The van der Waals surface area contributed by atoms with Gasteiger partial charge in [-0.15, -0.1) is 0 Å². The Hall–Kier alpha value is -2.52. The van der Waals surface area contributed by atoms with Gasteiger partial charge in [-0.1, -0.05) is 96.4 Å². The first-order valence-electron chi connectivity index (χ1n) is 18.7. The van der Waals surface area contributed by atoms with Gasteiger partial charge in [0, 0.05) is 6.42 Å². The van der Waals surface area contributed by atoms with Gasteiger partial charge < -0.3 is 24.6 Å². The number of unbranched alkanes of at least 4 members (excludes halogenated alkanes) is 9. The molecule has 3 atom stereocenters. The van der Waals surface area contributed by atoms with Crippen LogP contribution in [0.2, 0.25) is 0 Å². The highest BCUT2D eigenvalue weighted by atomic mass is 32.2. The summed E-state index contributed by atoms with van der Waals surface area (Å²) in [7, 11) is 1.27. The number of rotatable bonds is 27. The van der Waals surface area contributed by atoms with Crippen molar-refractivity contribution in [2.45, 2.75) is 155 Å². The first kappa shape index (κ1) is 44.5. The molecule has 0 radical (unpaired) electrons. The number of carbonyl (C=O) groups excluding carboxylic acids is 3. The number of methoxy groups -OCH3 is 1. The number of hydrogen-bond donors (Lipinski definition) is 2. The summed E-state index contributed by atoms with van der Waals surface area (Å²) in [5.41, 5.74) is -2.18. The number of benzene rings is 1. The summed E-state index contributed by atoms with van der Waals surface area (Å²) in [6, 6.07) is 6.34. The molecule has 0 bridgehead atoms. The van der Waals surface area contributed by atoms with Gasteiger partial charge in [0.15, 0.2) is 5.60 Å². The third kappa shape index (κ3) is 18.9. The topological polar surface area (TPSA) is 111 Å². The van der Waals surface area contributed by atoms with E-state index in [4.69, 9.17) is 14.2 Å². The Morgan fingerprint density at radius 1 is 0.857 bits per heavy atom. The lowest BCUT2D eigenvalue weighted by Crippen LogP contribution is -2.56. The zero-order chi connectivity index (χ0) is 36.5. The van der Waals surface area contributed by atoms with Crippen molar-refractivity contribution in [1.82, 2.24) is 5.32 Å². The quantitative estimate of drug-likeness (QED) is 0.0531. The van der Waals surface area contributed by atoms with E-state index in [9.17, 15) is 19.5 Å². The average Bonchev–Trinajstić information content (AvgIpc) is 3.06. The predicted molar refractivity (Wildman–Crippen MR) is 202 cm³/mol. The average molecular weight is 706 g/mol. The van der Waals surface area contributed by atoms with Gasteiger partial charge >= 0.3 is 11.9 Å². The standard InChI is InChI=1S/C40H67NO7S/c1-8-11-13-17-20-29-49-30-21-18-15-14-16-19-22-34(40(45,27-10-3)38(44)48-39(4,5)6)36(42)41-35(37(43)46-7)31-32-23-25-33(26-24-32)47-28-12-9-2/h19,22-26,34-35,45H,8-18,20-21,27-31H2,1-7H3,(H,41,42)/b22-19+/t34-,35?,40+/m1/s1. The molecule has 0 aliphatic rings. The fourth-order valence-electron chi connectivity index (χ4n) is 5.45. The van der Waals surface area contributed by atoms with Gasteiger partial charge in [0.1, 0.15) is 17.4 Å². The second-order valence-corrected chi connectivity index (χ2v) is 15.2. The zero-order valence-corrected chi connectivity index (χ0v) is 32.5. The third-order valence-corrected chi connectivity index (χ3v) is 9.40. The van der Waals surface area contributed by atoms with Gasteiger partial charge in [-0.05, 0) is 88.5 Å². The smallest absolute Gasteiger partial charge is 0.339 e. The first-order chi connectivity index (χ1) is 23.4. The molecular formula is C40H67NO7S. The van der Waals surface area contributed by atoms with Crippen LogP contribution in [-0.2, 0) is 30.3 Å². The van der Waals surface area contributed by atoms with Crippen molar-refractivity contribution in [3.63, 3.8) is 0 Å². The molecule has 1 unspecified atom stereocenters. The number of thioether (sulfide) groups is 1. The lowest BCUT2D eigenvalue weighted by Gasteiger charge is -2.34. The van der Waals surface area contributed by atoms with Crippen LogP contribution in [0.3, 0.4) is 0 Å². The molecule has 280 valence electrons. The summed E-state index contributed by atoms with van der Waals surface area (Å²) >= 11 is 2.04. The number of ether oxygens (including phenoxy) is 3. The third-order valence-electron chi connectivity index (χ3n) is 8.24. The van der Waals surface area contributed by atoms with Crippen molar-refractivity contribution in [3.8, 4) is 5.75 Å². The molecule has 49 heavy (non-hydrogen) atoms. The highest BCUT2D eigenvalue weighted by molar-refractivity contribution is 7.99. The van der Waals surface area contributed by atoms with E-state index in [0.717, 1.165) is 43.4 Å². The van der Waals surface area contributed by atoms with E-state index < -0.39 is 41.0 Å². The van der Waals surface area contributed by atoms with Crippen molar-refractivity contribution in [3.05, 3.63) is 42.0 Å². The Kier molecular flexibility index (Phi) is 23.1. The number of nitrogens with one attached hydrogen (secondary N) is 1. The Labute approximate surface area is 301 Å². The second-order valence-electron chi connectivity index (χ2n) is 13.9. The molecule has 0 saturated heterocycles. The predicted octanol–water partition coefficient (Wildman–Crippen LogP) is 8.77. The Morgan fingerprint density at radius 3 is 2.04 bits per heavy atom. The fourth-order valence-corrected chi connectivity index (χ4v) is 6.47. The first-order valence-corrected chi connectivity index (χ1v) is 19.9. The van der Waals surface area contributed by atoms with Crippen molar-refractivity contribution in [2.75, 3.05) is 25.2 Å². The molecule has 8 nitrogen and oxygen atoms in total. The van der Waals surface area contributed by atoms with Gasteiger partial charge in [-0.2, -0.15) is 11.8 Å². The lowest BCUT2D eigenvalue weighted by molar-refractivity contribution is -0.184. The summed E-state index contributed by atoms with van der Waals surface area (Å²) in [6.07, 6.45) is 17.7. The van der Waals surface area contributed by atoms with Crippen molar-refractivity contribution < 1.29 is 33.7 Å². The highest BCUT2D eigenvalue weighted by Gasteiger charge is 2.49. The molecule has 0 aliphatic carbocycles. The van der Waals surface area contributed by atoms with Crippen LogP contribution in [0.5, 0.6) is 5.75 Å². The molecular weight excluding hydrogens is 639 g/mol. The van der Waals surface area contributed by atoms with Gasteiger partial charge in [0.25, 0.3) is 0 Å². The minimum atomic E-state index is -2.12. The molecule has 1 amide bonds. The Bertz CT molecular complexity index is 1090. The van der Waals surface area contributed by atoms with E-state index >= 15 is 0 Å². The minimum Gasteiger partial charge on any atom is -0.494 e. The number of esters is 2. The molecule has 0 saturated carbocycles. The van der Waals surface area contributed by atoms with Crippen LogP contribution in [0.1, 0.15) is 137 Å². The van der Waals surface area contributed by atoms with E-state index in [0.29, 0.717) is 19.4 Å². The zero-order valence-electron chi connectivity index (χ0n) is 31.7. The molecule has 1 aromatic carbocycles. The molecule has 1 rings (SSSR count). The number of allylic oxidation sites excluding steroid dienone is 1. The lowest BCUT2D eigenvalue weighted by atomic mass is 9.81. The van der Waals surface area contributed by atoms with Crippen LogP contribution in [0, 0.1) is 5.92 Å². The largest absolute Gasteiger partial charge is 0.494 e.